The van der Waals surface area contributed by atoms with Gasteiger partial charge in [0.05, 0.1) is 12.3 Å². The zero-order valence-corrected chi connectivity index (χ0v) is 15.2. The molecule has 2 fully saturated rings. The van der Waals surface area contributed by atoms with Gasteiger partial charge in [-0.2, -0.15) is 0 Å². The van der Waals surface area contributed by atoms with Crippen LogP contribution in [0.1, 0.15) is 43.5 Å². The lowest BCUT2D eigenvalue weighted by Crippen LogP contribution is -2.31. The highest BCUT2D eigenvalue weighted by molar-refractivity contribution is 5.95. The number of likely N-dealkylation sites (tertiary alicyclic amines) is 1. The normalized spacial score (nSPS) is 24.0. The predicted molar refractivity (Wildman–Crippen MR) is 96.8 cm³/mol. The molecule has 0 bridgehead atoms. The van der Waals surface area contributed by atoms with Crippen molar-refractivity contribution in [3.63, 3.8) is 0 Å². The number of rotatable bonds is 6. The maximum absolute atomic E-state index is 12.2. The summed E-state index contributed by atoms with van der Waals surface area (Å²) >= 11 is 0. The van der Waals surface area contributed by atoms with Crippen LogP contribution in [0.3, 0.4) is 0 Å². The molecule has 0 radical (unpaired) electrons. The minimum absolute atomic E-state index is 0.00287. The van der Waals surface area contributed by atoms with E-state index >= 15 is 0 Å². The van der Waals surface area contributed by atoms with Gasteiger partial charge in [-0.25, -0.2) is 0 Å². The van der Waals surface area contributed by atoms with E-state index in [4.69, 9.17) is 4.74 Å². The second-order valence-corrected chi connectivity index (χ2v) is 7.20. The fourth-order valence-corrected chi connectivity index (χ4v) is 3.60. The molecule has 1 saturated carbocycles. The van der Waals surface area contributed by atoms with E-state index in [0.717, 1.165) is 30.4 Å². The Labute approximate surface area is 145 Å². The molecule has 1 aromatic carbocycles. The van der Waals surface area contributed by atoms with Crippen molar-refractivity contribution in [1.29, 1.82) is 0 Å². The summed E-state index contributed by atoms with van der Waals surface area (Å²) in [6, 6.07) is 7.59. The van der Waals surface area contributed by atoms with Crippen LogP contribution in [0.25, 0.3) is 0 Å². The molecule has 0 spiro atoms. The number of anilines is 1. The quantitative estimate of drug-likeness (QED) is 0.871. The zero-order valence-electron chi connectivity index (χ0n) is 15.2. The summed E-state index contributed by atoms with van der Waals surface area (Å²) in [5, 5.41) is 3.64. The van der Waals surface area contributed by atoms with Crippen molar-refractivity contribution in [1.82, 2.24) is 9.80 Å². The molecular formula is C19H29N3O2. The number of hydrogen-bond acceptors (Lipinski definition) is 4. The monoisotopic (exact) mass is 331 g/mol. The number of carbonyl (C=O) groups excluding carboxylic acids is 1. The summed E-state index contributed by atoms with van der Waals surface area (Å²) in [5.74, 6) is 0.764. The molecule has 0 unspecified atom stereocenters. The van der Waals surface area contributed by atoms with Crippen LogP contribution >= 0.6 is 0 Å². The summed E-state index contributed by atoms with van der Waals surface area (Å²) in [6.07, 6.45) is 3.85. The van der Waals surface area contributed by atoms with Crippen molar-refractivity contribution in [3.05, 3.63) is 23.8 Å². The molecule has 3 rings (SSSR count). The van der Waals surface area contributed by atoms with E-state index in [9.17, 15) is 4.79 Å². The Morgan fingerprint density at radius 3 is 2.75 bits per heavy atom. The second kappa shape index (κ2) is 7.01. The van der Waals surface area contributed by atoms with Crippen molar-refractivity contribution >= 4 is 11.6 Å². The molecule has 1 aromatic rings. The largest absolute Gasteiger partial charge is 0.492 e. The van der Waals surface area contributed by atoms with Gasteiger partial charge in [0.2, 0.25) is 0 Å². The molecular weight excluding hydrogens is 302 g/mol. The Morgan fingerprint density at radius 1 is 1.38 bits per heavy atom. The third kappa shape index (κ3) is 3.66. The maximum atomic E-state index is 12.2. The third-order valence-electron chi connectivity index (χ3n) is 4.93. The van der Waals surface area contributed by atoms with Crippen LogP contribution in [0.5, 0.6) is 5.75 Å². The minimum atomic E-state index is -0.00287. The van der Waals surface area contributed by atoms with Gasteiger partial charge in [0.25, 0.3) is 5.91 Å². The van der Waals surface area contributed by atoms with Gasteiger partial charge < -0.3 is 15.0 Å². The van der Waals surface area contributed by atoms with Crippen LogP contribution in [0.4, 0.5) is 5.69 Å². The van der Waals surface area contributed by atoms with Gasteiger partial charge in [-0.1, -0.05) is 0 Å². The van der Waals surface area contributed by atoms with Crippen LogP contribution in [0.15, 0.2) is 18.2 Å². The Morgan fingerprint density at radius 2 is 2.12 bits per heavy atom. The van der Waals surface area contributed by atoms with Crippen LogP contribution in [-0.4, -0.2) is 61.1 Å². The van der Waals surface area contributed by atoms with Gasteiger partial charge >= 0.3 is 0 Å². The molecule has 2 atom stereocenters. The fourth-order valence-electron chi connectivity index (χ4n) is 3.60. The first-order valence-corrected chi connectivity index (χ1v) is 9.00. The van der Waals surface area contributed by atoms with Crippen LogP contribution in [0.2, 0.25) is 0 Å². The number of hydrogen-bond donors (Lipinski definition) is 1. The topological polar surface area (TPSA) is 44.8 Å². The molecule has 1 aliphatic heterocycles. The molecule has 1 amide bonds. The second-order valence-electron chi connectivity index (χ2n) is 7.20. The molecule has 1 saturated heterocycles. The van der Waals surface area contributed by atoms with E-state index < -0.39 is 0 Å². The molecule has 2 aliphatic rings. The number of amides is 1. The Bertz CT molecular complexity index is 598. The molecule has 1 heterocycles. The Hall–Kier alpha value is -1.75. The Kier molecular flexibility index (Phi) is 4.99. The van der Waals surface area contributed by atoms with E-state index in [1.165, 1.54) is 12.8 Å². The third-order valence-corrected chi connectivity index (χ3v) is 4.93. The van der Waals surface area contributed by atoms with Crippen LogP contribution < -0.4 is 10.1 Å². The first-order chi connectivity index (χ1) is 11.5. The SMILES string of the molecule is CCOc1cc(C(=O)N(C)C)ccc1N[C@@H]1C[C@@H](C)N(C2CC2)C1. The molecule has 1 N–H and O–H groups in total. The zero-order chi connectivity index (χ0) is 17.3. The van der Waals surface area contributed by atoms with Gasteiger partial charge in [0.1, 0.15) is 5.75 Å². The van der Waals surface area contributed by atoms with Crippen LogP contribution in [-0.2, 0) is 0 Å². The highest BCUT2D eigenvalue weighted by Crippen LogP contribution is 2.35. The number of nitrogens with zero attached hydrogens (tertiary/aromatic N) is 2. The van der Waals surface area contributed by atoms with E-state index in [0.29, 0.717) is 24.3 Å². The molecule has 5 heteroatoms. The predicted octanol–water partition coefficient (Wildman–Crippen LogP) is 2.82. The molecule has 0 aromatic heterocycles. The average Bonchev–Trinajstić information content (AvgIpc) is 3.32. The minimum Gasteiger partial charge on any atom is -0.492 e. The standard InChI is InChI=1S/C19H29N3O2/c1-5-24-18-11-14(19(23)21(3)4)6-9-17(18)20-15-10-13(2)22(12-15)16-7-8-16/h6,9,11,13,15-16,20H,5,7-8,10,12H2,1-4H3/t13-,15-/m1/s1. The smallest absolute Gasteiger partial charge is 0.253 e. The average molecular weight is 331 g/mol. The molecule has 132 valence electrons. The van der Waals surface area contributed by atoms with Crippen molar-refractivity contribution < 1.29 is 9.53 Å². The van der Waals surface area contributed by atoms with Gasteiger partial charge in [-0.15, -0.1) is 0 Å². The van der Waals surface area contributed by atoms with Gasteiger partial charge in [0, 0.05) is 44.3 Å². The summed E-state index contributed by atoms with van der Waals surface area (Å²) < 4.78 is 5.78. The van der Waals surface area contributed by atoms with Crippen molar-refractivity contribution in [3.8, 4) is 5.75 Å². The molecule has 1 aliphatic carbocycles. The lowest BCUT2D eigenvalue weighted by Gasteiger charge is -2.20. The highest BCUT2D eigenvalue weighted by atomic mass is 16.5. The van der Waals surface area contributed by atoms with E-state index in [-0.39, 0.29) is 5.91 Å². The van der Waals surface area contributed by atoms with Crippen molar-refractivity contribution in [2.75, 3.05) is 32.6 Å². The van der Waals surface area contributed by atoms with Gasteiger partial charge in [0.15, 0.2) is 0 Å². The number of ether oxygens (including phenoxy) is 1. The Balaban J connectivity index is 1.73. The number of benzene rings is 1. The number of carbonyl (C=O) groups is 1. The first-order valence-electron chi connectivity index (χ1n) is 9.00. The highest BCUT2D eigenvalue weighted by Gasteiger charge is 2.38. The van der Waals surface area contributed by atoms with Crippen LogP contribution in [0, 0.1) is 0 Å². The van der Waals surface area contributed by atoms with E-state index in [1.54, 1.807) is 19.0 Å². The molecule has 24 heavy (non-hydrogen) atoms. The van der Waals surface area contributed by atoms with E-state index in [1.807, 2.05) is 25.1 Å². The van der Waals surface area contributed by atoms with Gasteiger partial charge in [-0.3, -0.25) is 9.69 Å². The van der Waals surface area contributed by atoms with Gasteiger partial charge in [-0.05, 0) is 51.3 Å². The van der Waals surface area contributed by atoms with Crippen molar-refractivity contribution in [2.45, 2.75) is 51.2 Å². The first kappa shape index (κ1) is 17.1. The van der Waals surface area contributed by atoms with E-state index in [2.05, 4.69) is 17.1 Å². The summed E-state index contributed by atoms with van der Waals surface area (Å²) in [4.78, 5) is 16.4. The summed E-state index contributed by atoms with van der Waals surface area (Å²) in [7, 11) is 3.53. The molecule has 5 nitrogen and oxygen atoms in total. The fraction of sp³-hybridized carbons (Fsp3) is 0.632. The maximum Gasteiger partial charge on any atom is 0.253 e. The summed E-state index contributed by atoms with van der Waals surface area (Å²) in [6.45, 7) is 5.97. The number of nitrogens with one attached hydrogen (secondary N) is 1. The summed E-state index contributed by atoms with van der Waals surface area (Å²) in [5.41, 5.74) is 1.65. The van der Waals surface area contributed by atoms with Crippen molar-refractivity contribution in [2.24, 2.45) is 0 Å². The lowest BCUT2D eigenvalue weighted by molar-refractivity contribution is 0.0827. The lowest BCUT2D eigenvalue weighted by atomic mass is 10.1.